The first-order valence-electron chi connectivity index (χ1n) is 5.04. The summed E-state index contributed by atoms with van der Waals surface area (Å²) in [5, 5.41) is 4.11. The van der Waals surface area contributed by atoms with E-state index in [1.807, 2.05) is 6.92 Å². The summed E-state index contributed by atoms with van der Waals surface area (Å²) in [7, 11) is 0. The number of anilines is 1. The number of nitrogens with zero attached hydrogens (tertiary/aromatic N) is 2. The highest BCUT2D eigenvalue weighted by molar-refractivity contribution is 9.10. The van der Waals surface area contributed by atoms with Gasteiger partial charge in [0.25, 0.3) is 0 Å². The lowest BCUT2D eigenvalue weighted by Crippen LogP contribution is -2.01. The van der Waals surface area contributed by atoms with Crippen LogP contribution in [0.4, 0.5) is 10.1 Å². The Hall–Kier alpha value is -1.56. The molecule has 1 heterocycles. The van der Waals surface area contributed by atoms with E-state index in [1.54, 1.807) is 23.1 Å². The first kappa shape index (κ1) is 11.9. The van der Waals surface area contributed by atoms with Crippen molar-refractivity contribution < 1.29 is 9.13 Å². The molecule has 90 valence electrons. The highest BCUT2D eigenvalue weighted by Gasteiger charge is 2.09. The molecule has 2 N–H and O–H groups in total. The maximum absolute atomic E-state index is 13.2. The normalized spacial score (nSPS) is 10.5. The fourth-order valence-electron chi connectivity index (χ4n) is 1.43. The lowest BCUT2D eigenvalue weighted by molar-refractivity contribution is 0.340. The highest BCUT2D eigenvalue weighted by atomic mass is 79.9. The van der Waals surface area contributed by atoms with Crippen LogP contribution in [0.1, 0.15) is 6.92 Å². The van der Waals surface area contributed by atoms with Gasteiger partial charge < -0.3 is 10.5 Å². The Labute approximate surface area is 106 Å². The average molecular weight is 300 g/mol. The number of aromatic nitrogens is 2. The zero-order valence-corrected chi connectivity index (χ0v) is 10.7. The predicted octanol–water partition coefficient (Wildman–Crippen LogP) is 2.75. The van der Waals surface area contributed by atoms with Gasteiger partial charge in [-0.1, -0.05) is 0 Å². The van der Waals surface area contributed by atoms with Crippen LogP contribution in [-0.2, 0) is 0 Å². The topological polar surface area (TPSA) is 53.1 Å². The van der Waals surface area contributed by atoms with Gasteiger partial charge in [0, 0.05) is 6.07 Å². The standard InChI is InChI=1S/C11H11BrFN3O/c1-2-17-7-5-15-16(6-7)11-3-8(12)9(13)4-10(11)14/h3-6H,2,14H2,1H3. The zero-order valence-electron chi connectivity index (χ0n) is 9.15. The third-order valence-corrected chi connectivity index (χ3v) is 2.79. The number of rotatable bonds is 3. The molecule has 0 amide bonds. The van der Waals surface area contributed by atoms with Crippen molar-refractivity contribution in [1.82, 2.24) is 9.78 Å². The molecule has 0 bridgehead atoms. The van der Waals surface area contributed by atoms with E-state index in [4.69, 9.17) is 10.5 Å². The van der Waals surface area contributed by atoms with Gasteiger partial charge >= 0.3 is 0 Å². The van der Waals surface area contributed by atoms with Gasteiger partial charge in [0.1, 0.15) is 5.82 Å². The second kappa shape index (κ2) is 4.75. The molecule has 2 aromatic rings. The lowest BCUT2D eigenvalue weighted by Gasteiger charge is -2.06. The van der Waals surface area contributed by atoms with Crippen LogP contribution in [0.2, 0.25) is 0 Å². The maximum atomic E-state index is 13.2. The van der Waals surface area contributed by atoms with E-state index in [1.165, 1.54) is 6.07 Å². The second-order valence-corrected chi connectivity index (χ2v) is 4.23. The Morgan fingerprint density at radius 1 is 1.53 bits per heavy atom. The number of benzene rings is 1. The van der Waals surface area contributed by atoms with Gasteiger partial charge in [0.15, 0.2) is 5.75 Å². The third-order valence-electron chi connectivity index (χ3n) is 2.19. The SMILES string of the molecule is CCOc1cnn(-c2cc(Br)c(F)cc2N)c1. The van der Waals surface area contributed by atoms with Crippen LogP contribution < -0.4 is 10.5 Å². The lowest BCUT2D eigenvalue weighted by atomic mass is 10.2. The van der Waals surface area contributed by atoms with Crippen LogP contribution >= 0.6 is 15.9 Å². The van der Waals surface area contributed by atoms with Crippen molar-refractivity contribution in [3.63, 3.8) is 0 Å². The molecular weight excluding hydrogens is 289 g/mol. The molecule has 4 nitrogen and oxygen atoms in total. The summed E-state index contributed by atoms with van der Waals surface area (Å²) in [5.74, 6) is 0.246. The van der Waals surface area contributed by atoms with Crippen LogP contribution in [-0.4, -0.2) is 16.4 Å². The minimum atomic E-state index is -0.400. The molecule has 6 heteroatoms. The summed E-state index contributed by atoms with van der Waals surface area (Å²) in [6.07, 6.45) is 3.28. The Morgan fingerprint density at radius 2 is 2.29 bits per heavy atom. The first-order chi connectivity index (χ1) is 8.11. The van der Waals surface area contributed by atoms with E-state index in [2.05, 4.69) is 21.0 Å². The van der Waals surface area contributed by atoms with Crippen molar-refractivity contribution in [2.45, 2.75) is 6.92 Å². The molecule has 0 fully saturated rings. The molecule has 2 rings (SSSR count). The van der Waals surface area contributed by atoms with Gasteiger partial charge in [-0.05, 0) is 28.9 Å². The molecule has 0 aliphatic heterocycles. The van der Waals surface area contributed by atoms with E-state index in [0.29, 0.717) is 28.2 Å². The zero-order chi connectivity index (χ0) is 12.4. The fourth-order valence-corrected chi connectivity index (χ4v) is 1.76. The van der Waals surface area contributed by atoms with Gasteiger partial charge in [0.2, 0.25) is 0 Å². The number of hydrogen-bond donors (Lipinski definition) is 1. The van der Waals surface area contributed by atoms with Gasteiger partial charge in [-0.15, -0.1) is 0 Å². The Bertz CT molecular complexity index is 542. The van der Waals surface area contributed by atoms with E-state index in [0.717, 1.165) is 0 Å². The van der Waals surface area contributed by atoms with Crippen molar-refractivity contribution in [2.24, 2.45) is 0 Å². The predicted molar refractivity (Wildman–Crippen MR) is 66.8 cm³/mol. The van der Waals surface area contributed by atoms with Gasteiger partial charge in [-0.25, -0.2) is 9.07 Å². The Kier molecular flexibility index (Phi) is 3.33. The van der Waals surface area contributed by atoms with Crippen molar-refractivity contribution in [1.29, 1.82) is 0 Å². The van der Waals surface area contributed by atoms with E-state index in [-0.39, 0.29) is 0 Å². The smallest absolute Gasteiger partial charge is 0.157 e. The monoisotopic (exact) mass is 299 g/mol. The fraction of sp³-hybridized carbons (Fsp3) is 0.182. The van der Waals surface area contributed by atoms with Crippen LogP contribution in [0.5, 0.6) is 5.75 Å². The van der Waals surface area contributed by atoms with Crippen molar-refractivity contribution in [3.8, 4) is 11.4 Å². The molecule has 0 saturated heterocycles. The average Bonchev–Trinajstić information content (AvgIpc) is 2.72. The molecule has 1 aromatic heterocycles. The molecule has 17 heavy (non-hydrogen) atoms. The first-order valence-corrected chi connectivity index (χ1v) is 5.83. The van der Waals surface area contributed by atoms with E-state index >= 15 is 0 Å². The quantitative estimate of drug-likeness (QED) is 0.887. The van der Waals surface area contributed by atoms with E-state index < -0.39 is 5.82 Å². The summed E-state index contributed by atoms with van der Waals surface area (Å²) in [5.41, 5.74) is 6.66. The number of nitrogens with two attached hydrogens (primary N) is 1. The van der Waals surface area contributed by atoms with Gasteiger partial charge in [-0.3, -0.25) is 0 Å². The van der Waals surface area contributed by atoms with Crippen LogP contribution in [0.25, 0.3) is 5.69 Å². The minimum absolute atomic E-state index is 0.317. The molecule has 0 unspecified atom stereocenters. The molecule has 0 spiro atoms. The van der Waals surface area contributed by atoms with Gasteiger partial charge in [0.05, 0.1) is 34.8 Å². The Balaban J connectivity index is 2.41. The number of halogens is 2. The Morgan fingerprint density at radius 3 is 3.00 bits per heavy atom. The second-order valence-electron chi connectivity index (χ2n) is 3.38. The van der Waals surface area contributed by atoms with Gasteiger partial charge in [-0.2, -0.15) is 5.10 Å². The third kappa shape index (κ3) is 2.41. The number of hydrogen-bond acceptors (Lipinski definition) is 3. The van der Waals surface area contributed by atoms with Crippen molar-refractivity contribution >= 4 is 21.6 Å². The largest absolute Gasteiger partial charge is 0.491 e. The van der Waals surface area contributed by atoms with E-state index in [9.17, 15) is 4.39 Å². The molecular formula is C11H11BrFN3O. The molecule has 0 aliphatic carbocycles. The molecule has 0 saturated carbocycles. The molecule has 1 aromatic carbocycles. The summed E-state index contributed by atoms with van der Waals surface area (Å²) < 4.78 is 20.4. The van der Waals surface area contributed by atoms with Crippen molar-refractivity contribution in [3.05, 3.63) is 34.8 Å². The molecule has 0 aliphatic rings. The highest BCUT2D eigenvalue weighted by Crippen LogP contribution is 2.26. The maximum Gasteiger partial charge on any atom is 0.157 e. The number of ether oxygens (including phenoxy) is 1. The molecule has 0 radical (unpaired) electrons. The van der Waals surface area contributed by atoms with Crippen molar-refractivity contribution in [2.75, 3.05) is 12.3 Å². The molecule has 0 atom stereocenters. The van der Waals surface area contributed by atoms with Crippen LogP contribution in [0.3, 0.4) is 0 Å². The summed E-state index contributed by atoms with van der Waals surface area (Å²) in [6.45, 7) is 2.45. The van der Waals surface area contributed by atoms with Crippen LogP contribution in [0, 0.1) is 5.82 Å². The summed E-state index contributed by atoms with van der Waals surface area (Å²) >= 11 is 3.11. The summed E-state index contributed by atoms with van der Waals surface area (Å²) in [4.78, 5) is 0. The summed E-state index contributed by atoms with van der Waals surface area (Å²) in [6, 6.07) is 2.83. The number of nitrogen functional groups attached to an aromatic ring is 1. The minimum Gasteiger partial charge on any atom is -0.491 e. The van der Waals surface area contributed by atoms with Crippen LogP contribution in [0.15, 0.2) is 29.0 Å².